The monoisotopic (exact) mass is 442 g/mol. The molecule has 0 saturated heterocycles. The summed E-state index contributed by atoms with van der Waals surface area (Å²) in [4.78, 5) is 0.848. The Morgan fingerprint density at radius 3 is 1.35 bits per heavy atom. The van der Waals surface area contributed by atoms with Crippen molar-refractivity contribution in [2.24, 2.45) is 0 Å². The number of rotatable bonds is 16. The molecule has 0 N–H and O–H groups in total. The van der Waals surface area contributed by atoms with Gasteiger partial charge in [0, 0.05) is 0 Å². The lowest BCUT2D eigenvalue weighted by atomic mass is 10.1. The van der Waals surface area contributed by atoms with Gasteiger partial charge in [-0.05, 0) is 61.1 Å². The van der Waals surface area contributed by atoms with E-state index in [2.05, 4.69) is 26.0 Å². The summed E-state index contributed by atoms with van der Waals surface area (Å²) in [6, 6.07) is 15.1. The second kappa shape index (κ2) is 14.5. The Morgan fingerprint density at radius 1 is 0.548 bits per heavy atom. The molecule has 2 aromatic carbocycles. The Labute approximate surface area is 191 Å². The van der Waals surface area contributed by atoms with E-state index >= 15 is 0 Å². The van der Waals surface area contributed by atoms with E-state index in [-0.39, 0.29) is 0 Å². The zero-order valence-corrected chi connectivity index (χ0v) is 20.6. The first-order chi connectivity index (χ1) is 15.1. The summed E-state index contributed by atoms with van der Waals surface area (Å²) in [6.45, 7) is 4.46. The second-order valence-corrected chi connectivity index (χ2v) is 10.8. The van der Waals surface area contributed by atoms with Gasteiger partial charge in [0.25, 0.3) is 0 Å². The van der Waals surface area contributed by atoms with Crippen LogP contribution in [0.3, 0.4) is 0 Å². The molecule has 0 heterocycles. The molecular formula is C28H42O2S. The van der Waals surface area contributed by atoms with Gasteiger partial charge in [-0.15, -0.1) is 0 Å². The second-order valence-electron chi connectivity index (χ2n) is 8.83. The minimum Gasteiger partial charge on any atom is -0.219 e. The quantitative estimate of drug-likeness (QED) is 0.245. The normalized spacial score (nSPS) is 11.7. The fraction of sp³-hybridized carbons (Fsp3) is 0.571. The van der Waals surface area contributed by atoms with E-state index in [1.807, 2.05) is 24.3 Å². The zero-order chi connectivity index (χ0) is 22.4. The van der Waals surface area contributed by atoms with E-state index < -0.39 is 9.84 Å². The van der Waals surface area contributed by atoms with E-state index in [1.54, 1.807) is 12.1 Å². The standard InChI is InChI=1S/C28H42O2S/c1-3-5-7-9-11-13-17-25-19-15-21-27(23-25)31(29,30)28-22-16-20-26(24-28)18-14-12-10-8-6-4-2/h15-16,19-24H,3-14,17-18H2,1-2H3. The van der Waals surface area contributed by atoms with Crippen LogP contribution in [0.4, 0.5) is 0 Å². The Bertz CT molecular complexity index is 789. The molecule has 31 heavy (non-hydrogen) atoms. The average Bonchev–Trinajstić information content (AvgIpc) is 2.79. The van der Waals surface area contributed by atoms with Crippen molar-refractivity contribution in [2.45, 2.75) is 114 Å². The highest BCUT2D eigenvalue weighted by Crippen LogP contribution is 2.24. The SMILES string of the molecule is CCCCCCCCc1cccc(S(=O)(=O)c2cccc(CCCCCCCC)c2)c1. The molecule has 0 atom stereocenters. The molecular weight excluding hydrogens is 400 g/mol. The van der Waals surface area contributed by atoms with Crippen molar-refractivity contribution in [1.82, 2.24) is 0 Å². The van der Waals surface area contributed by atoms with Crippen molar-refractivity contribution in [1.29, 1.82) is 0 Å². The third kappa shape index (κ3) is 9.19. The van der Waals surface area contributed by atoms with Gasteiger partial charge in [-0.1, -0.05) is 102 Å². The van der Waals surface area contributed by atoms with Crippen molar-refractivity contribution in [2.75, 3.05) is 0 Å². The van der Waals surface area contributed by atoms with Crippen molar-refractivity contribution in [3.63, 3.8) is 0 Å². The summed E-state index contributed by atoms with van der Waals surface area (Å²) >= 11 is 0. The molecule has 0 spiro atoms. The molecule has 0 amide bonds. The minimum absolute atomic E-state index is 0.424. The summed E-state index contributed by atoms with van der Waals surface area (Å²) in [5.41, 5.74) is 2.25. The molecule has 172 valence electrons. The van der Waals surface area contributed by atoms with Crippen LogP contribution in [-0.2, 0) is 22.7 Å². The fourth-order valence-corrected chi connectivity index (χ4v) is 5.49. The van der Waals surface area contributed by atoms with Gasteiger partial charge in [0.15, 0.2) is 0 Å². The lowest BCUT2D eigenvalue weighted by Crippen LogP contribution is -2.03. The molecule has 0 aromatic heterocycles. The van der Waals surface area contributed by atoms with E-state index in [4.69, 9.17) is 0 Å². The molecule has 0 radical (unpaired) electrons. The minimum atomic E-state index is -3.47. The summed E-state index contributed by atoms with van der Waals surface area (Å²) in [5.74, 6) is 0. The van der Waals surface area contributed by atoms with Gasteiger partial charge in [0.2, 0.25) is 9.84 Å². The number of sulfone groups is 1. The molecule has 0 bridgehead atoms. The first-order valence-electron chi connectivity index (χ1n) is 12.5. The molecule has 0 fully saturated rings. The van der Waals surface area contributed by atoms with E-state index in [0.717, 1.165) is 36.8 Å². The number of unbranched alkanes of at least 4 members (excludes halogenated alkanes) is 10. The third-order valence-electron chi connectivity index (χ3n) is 6.06. The third-order valence-corrected chi connectivity index (χ3v) is 7.80. The molecule has 0 aliphatic heterocycles. The van der Waals surface area contributed by atoms with E-state index in [0.29, 0.717) is 9.79 Å². The summed E-state index contributed by atoms with van der Waals surface area (Å²) < 4.78 is 26.5. The first-order valence-corrected chi connectivity index (χ1v) is 14.0. The lowest BCUT2D eigenvalue weighted by Gasteiger charge is -2.09. The van der Waals surface area contributed by atoms with Crippen LogP contribution in [-0.4, -0.2) is 8.42 Å². The largest absolute Gasteiger partial charge is 0.219 e. The summed E-state index contributed by atoms with van der Waals surface area (Å²) in [5, 5.41) is 0. The van der Waals surface area contributed by atoms with Gasteiger partial charge in [0.05, 0.1) is 9.79 Å². The zero-order valence-electron chi connectivity index (χ0n) is 19.7. The van der Waals surface area contributed by atoms with Crippen LogP contribution in [0.25, 0.3) is 0 Å². The van der Waals surface area contributed by atoms with Crippen LogP contribution in [0, 0.1) is 0 Å². The highest BCUT2D eigenvalue weighted by atomic mass is 32.2. The van der Waals surface area contributed by atoms with Crippen LogP contribution < -0.4 is 0 Å². The molecule has 0 aliphatic rings. The number of aryl methyl sites for hydroxylation is 2. The summed E-state index contributed by atoms with van der Waals surface area (Å²) in [6.07, 6.45) is 16.9. The lowest BCUT2D eigenvalue weighted by molar-refractivity contribution is 0.594. The predicted molar refractivity (Wildman–Crippen MR) is 132 cm³/mol. The Kier molecular flexibility index (Phi) is 12.0. The highest BCUT2D eigenvalue weighted by molar-refractivity contribution is 7.91. The van der Waals surface area contributed by atoms with E-state index in [1.165, 1.54) is 64.2 Å². The first kappa shape index (κ1) is 25.6. The van der Waals surface area contributed by atoms with Crippen LogP contribution in [0.5, 0.6) is 0 Å². The van der Waals surface area contributed by atoms with Crippen LogP contribution in [0.15, 0.2) is 58.3 Å². The van der Waals surface area contributed by atoms with Crippen molar-refractivity contribution < 1.29 is 8.42 Å². The fourth-order valence-electron chi connectivity index (χ4n) is 4.09. The van der Waals surface area contributed by atoms with Crippen molar-refractivity contribution in [3.8, 4) is 0 Å². The summed E-state index contributed by atoms with van der Waals surface area (Å²) in [7, 11) is -3.47. The predicted octanol–water partition coefficient (Wildman–Crippen LogP) is 8.33. The van der Waals surface area contributed by atoms with Gasteiger partial charge in [-0.2, -0.15) is 0 Å². The smallest absolute Gasteiger partial charge is 0.206 e. The molecule has 2 nitrogen and oxygen atoms in total. The van der Waals surface area contributed by atoms with Gasteiger partial charge >= 0.3 is 0 Å². The van der Waals surface area contributed by atoms with Gasteiger partial charge in [0.1, 0.15) is 0 Å². The Balaban J connectivity index is 1.95. The Hall–Kier alpha value is -1.61. The topological polar surface area (TPSA) is 34.1 Å². The van der Waals surface area contributed by atoms with Crippen LogP contribution >= 0.6 is 0 Å². The molecule has 2 rings (SSSR count). The average molecular weight is 443 g/mol. The van der Waals surface area contributed by atoms with Gasteiger partial charge in [-0.25, -0.2) is 8.42 Å². The maximum atomic E-state index is 13.2. The van der Waals surface area contributed by atoms with E-state index in [9.17, 15) is 8.42 Å². The highest BCUT2D eigenvalue weighted by Gasteiger charge is 2.18. The number of hydrogen-bond donors (Lipinski definition) is 0. The van der Waals surface area contributed by atoms with Gasteiger partial charge < -0.3 is 0 Å². The number of benzene rings is 2. The molecule has 3 heteroatoms. The maximum absolute atomic E-state index is 13.2. The molecule has 2 aromatic rings. The maximum Gasteiger partial charge on any atom is 0.206 e. The number of hydrogen-bond acceptors (Lipinski definition) is 2. The molecule has 0 unspecified atom stereocenters. The van der Waals surface area contributed by atoms with Crippen LogP contribution in [0.1, 0.15) is 102 Å². The van der Waals surface area contributed by atoms with Crippen LogP contribution in [0.2, 0.25) is 0 Å². The molecule has 0 saturated carbocycles. The van der Waals surface area contributed by atoms with Crippen molar-refractivity contribution in [3.05, 3.63) is 59.7 Å². The van der Waals surface area contributed by atoms with Gasteiger partial charge in [-0.3, -0.25) is 0 Å². The molecule has 0 aliphatic carbocycles. The Morgan fingerprint density at radius 2 is 0.935 bits per heavy atom. The van der Waals surface area contributed by atoms with Crippen molar-refractivity contribution >= 4 is 9.84 Å².